The fraction of sp³-hybridized carbons (Fsp3) is 0.200. The molecule has 0 heterocycles. The van der Waals surface area contributed by atoms with Gasteiger partial charge in [-0.3, -0.25) is 20.2 Å². The fourth-order valence-corrected chi connectivity index (χ4v) is 2.16. The first-order chi connectivity index (χ1) is 13.9. The van der Waals surface area contributed by atoms with Crippen LogP contribution in [0.5, 0.6) is 11.5 Å². The van der Waals surface area contributed by atoms with Gasteiger partial charge in [-0.15, -0.1) is 0 Å². The number of rotatable bonds is 5. The molecule has 0 aromatic heterocycles. The van der Waals surface area contributed by atoms with Crippen molar-refractivity contribution in [2.75, 3.05) is 12.4 Å². The SMILES string of the molecule is CCC(=O)NC(=Nc1cc(Oc2ccccc2)ccc1NC(C)=O)NC(=O)OC. The number of carbonyl (C=O) groups excluding carboxylic acids is 3. The molecular formula is C20H22N4O5. The Hall–Kier alpha value is -3.88. The number of para-hydroxylation sites is 1. The average Bonchev–Trinajstić information content (AvgIpc) is 2.70. The van der Waals surface area contributed by atoms with E-state index in [-0.39, 0.29) is 29.9 Å². The predicted octanol–water partition coefficient (Wildman–Crippen LogP) is 3.31. The molecule has 0 aliphatic carbocycles. The maximum atomic E-state index is 11.8. The number of hydrogen-bond acceptors (Lipinski definition) is 6. The summed E-state index contributed by atoms with van der Waals surface area (Å²) in [6.45, 7) is 3.01. The van der Waals surface area contributed by atoms with Gasteiger partial charge in [-0.05, 0) is 24.3 Å². The number of aliphatic imine (C=N–C) groups is 1. The Bertz CT molecular complexity index is 892. The number of amides is 3. The summed E-state index contributed by atoms with van der Waals surface area (Å²) in [6, 6.07) is 13.9. The highest BCUT2D eigenvalue weighted by Crippen LogP contribution is 2.32. The van der Waals surface area contributed by atoms with Crippen LogP contribution in [-0.4, -0.2) is 31.0 Å². The van der Waals surface area contributed by atoms with Gasteiger partial charge in [-0.25, -0.2) is 9.79 Å². The monoisotopic (exact) mass is 398 g/mol. The molecule has 3 N–H and O–H groups in total. The molecule has 0 saturated heterocycles. The van der Waals surface area contributed by atoms with Crippen LogP contribution in [0.2, 0.25) is 0 Å². The second-order valence-corrected chi connectivity index (χ2v) is 5.75. The van der Waals surface area contributed by atoms with E-state index in [0.717, 1.165) is 0 Å². The summed E-state index contributed by atoms with van der Waals surface area (Å²) >= 11 is 0. The molecule has 0 aliphatic heterocycles. The molecule has 0 saturated carbocycles. The van der Waals surface area contributed by atoms with Crippen LogP contribution in [0.25, 0.3) is 0 Å². The maximum Gasteiger partial charge on any atom is 0.413 e. The fourth-order valence-electron chi connectivity index (χ4n) is 2.16. The van der Waals surface area contributed by atoms with E-state index >= 15 is 0 Å². The summed E-state index contributed by atoms with van der Waals surface area (Å²) in [7, 11) is 1.19. The Labute approximate surface area is 168 Å². The van der Waals surface area contributed by atoms with Gasteiger partial charge in [0.2, 0.25) is 17.8 Å². The molecule has 0 radical (unpaired) electrons. The number of carbonyl (C=O) groups is 3. The average molecular weight is 398 g/mol. The molecule has 9 nitrogen and oxygen atoms in total. The van der Waals surface area contributed by atoms with Gasteiger partial charge in [0.25, 0.3) is 0 Å². The van der Waals surface area contributed by atoms with Crippen molar-refractivity contribution >= 4 is 35.2 Å². The first-order valence-electron chi connectivity index (χ1n) is 8.79. The first kappa shape index (κ1) is 21.4. The Kier molecular flexibility index (Phi) is 7.72. The summed E-state index contributed by atoms with van der Waals surface area (Å²) in [5.41, 5.74) is 0.629. The van der Waals surface area contributed by atoms with Gasteiger partial charge in [-0.2, -0.15) is 0 Å². The van der Waals surface area contributed by atoms with Crippen LogP contribution < -0.4 is 20.7 Å². The van der Waals surface area contributed by atoms with Crippen LogP contribution in [0, 0.1) is 0 Å². The summed E-state index contributed by atoms with van der Waals surface area (Å²) in [6.07, 6.45) is -0.629. The largest absolute Gasteiger partial charge is 0.457 e. The number of benzene rings is 2. The van der Waals surface area contributed by atoms with Crippen LogP contribution in [0.1, 0.15) is 20.3 Å². The summed E-state index contributed by atoms with van der Waals surface area (Å²) in [4.78, 5) is 39.2. The highest BCUT2D eigenvalue weighted by molar-refractivity contribution is 6.04. The summed E-state index contributed by atoms with van der Waals surface area (Å²) in [5.74, 6) is 0.244. The minimum absolute atomic E-state index is 0.146. The predicted molar refractivity (Wildman–Crippen MR) is 108 cm³/mol. The summed E-state index contributed by atoms with van der Waals surface area (Å²) in [5, 5.41) is 7.46. The minimum atomic E-state index is -0.807. The number of methoxy groups -OCH3 is 1. The third-order valence-electron chi connectivity index (χ3n) is 3.48. The quantitative estimate of drug-likeness (QED) is 0.527. The van der Waals surface area contributed by atoms with Crippen molar-refractivity contribution in [1.29, 1.82) is 0 Å². The standard InChI is InChI=1S/C20H22N4O5/c1-4-18(26)23-19(24-20(27)28-3)22-17-12-15(10-11-16(17)21-13(2)25)29-14-8-6-5-7-9-14/h5-12H,4H2,1-3H3,(H,21,25)(H2,22,23,24,26,27). The van der Waals surface area contributed by atoms with Gasteiger partial charge in [0, 0.05) is 19.4 Å². The topological polar surface area (TPSA) is 118 Å². The molecule has 0 aliphatic rings. The minimum Gasteiger partial charge on any atom is -0.457 e. The van der Waals surface area contributed by atoms with Crippen LogP contribution >= 0.6 is 0 Å². The van der Waals surface area contributed by atoms with Crippen molar-refractivity contribution in [3.63, 3.8) is 0 Å². The molecule has 0 spiro atoms. The van der Waals surface area contributed by atoms with E-state index in [0.29, 0.717) is 17.2 Å². The van der Waals surface area contributed by atoms with Crippen LogP contribution in [-0.2, 0) is 14.3 Å². The second kappa shape index (κ2) is 10.5. The van der Waals surface area contributed by atoms with E-state index in [4.69, 9.17) is 4.74 Å². The van der Waals surface area contributed by atoms with E-state index in [1.54, 1.807) is 37.3 Å². The number of anilines is 1. The number of nitrogens with one attached hydrogen (secondary N) is 3. The van der Waals surface area contributed by atoms with Crippen LogP contribution in [0.3, 0.4) is 0 Å². The van der Waals surface area contributed by atoms with Gasteiger partial charge in [-0.1, -0.05) is 25.1 Å². The van der Waals surface area contributed by atoms with Crippen molar-refractivity contribution in [3.05, 3.63) is 48.5 Å². The smallest absolute Gasteiger partial charge is 0.413 e. The van der Waals surface area contributed by atoms with Crippen LogP contribution in [0.4, 0.5) is 16.2 Å². The van der Waals surface area contributed by atoms with E-state index < -0.39 is 6.09 Å². The second-order valence-electron chi connectivity index (χ2n) is 5.75. The molecule has 0 bridgehead atoms. The molecular weight excluding hydrogens is 376 g/mol. The zero-order valence-corrected chi connectivity index (χ0v) is 16.3. The van der Waals surface area contributed by atoms with Crippen LogP contribution in [0.15, 0.2) is 53.5 Å². The lowest BCUT2D eigenvalue weighted by Gasteiger charge is -2.13. The molecule has 29 heavy (non-hydrogen) atoms. The Morgan fingerprint density at radius 2 is 1.72 bits per heavy atom. The number of nitrogens with zero attached hydrogens (tertiary/aromatic N) is 1. The Balaban J connectivity index is 2.43. The van der Waals surface area contributed by atoms with E-state index in [1.165, 1.54) is 14.0 Å². The first-order valence-corrected chi connectivity index (χ1v) is 8.79. The maximum absolute atomic E-state index is 11.8. The van der Waals surface area contributed by atoms with Crippen molar-refractivity contribution in [2.45, 2.75) is 20.3 Å². The molecule has 9 heteroatoms. The molecule has 2 aromatic rings. The highest BCUT2D eigenvalue weighted by atomic mass is 16.5. The van der Waals surface area contributed by atoms with Crippen molar-refractivity contribution in [1.82, 2.24) is 10.6 Å². The van der Waals surface area contributed by atoms with Crippen molar-refractivity contribution in [2.24, 2.45) is 4.99 Å². The van der Waals surface area contributed by atoms with Crippen molar-refractivity contribution in [3.8, 4) is 11.5 Å². The highest BCUT2D eigenvalue weighted by Gasteiger charge is 2.12. The Morgan fingerprint density at radius 1 is 1.00 bits per heavy atom. The number of alkyl carbamates (subject to hydrolysis) is 1. The number of ether oxygens (including phenoxy) is 2. The lowest BCUT2D eigenvalue weighted by Crippen LogP contribution is -2.43. The Morgan fingerprint density at radius 3 is 2.34 bits per heavy atom. The zero-order valence-electron chi connectivity index (χ0n) is 16.3. The van der Waals surface area contributed by atoms with Gasteiger partial charge in [0.1, 0.15) is 11.5 Å². The molecule has 2 rings (SSSR count). The van der Waals surface area contributed by atoms with Gasteiger partial charge < -0.3 is 14.8 Å². The van der Waals surface area contributed by atoms with Crippen molar-refractivity contribution < 1.29 is 23.9 Å². The van der Waals surface area contributed by atoms with E-state index in [9.17, 15) is 14.4 Å². The van der Waals surface area contributed by atoms with E-state index in [1.807, 2.05) is 18.2 Å². The number of guanidine groups is 1. The molecule has 3 amide bonds. The lowest BCUT2D eigenvalue weighted by atomic mass is 10.2. The lowest BCUT2D eigenvalue weighted by molar-refractivity contribution is -0.119. The molecule has 0 unspecified atom stereocenters. The van der Waals surface area contributed by atoms with Gasteiger partial charge in [0.15, 0.2) is 0 Å². The van der Waals surface area contributed by atoms with Gasteiger partial charge in [0.05, 0.1) is 18.5 Å². The number of hydrogen-bond donors (Lipinski definition) is 3. The molecule has 152 valence electrons. The zero-order chi connectivity index (χ0) is 21.2. The third-order valence-corrected chi connectivity index (χ3v) is 3.48. The summed E-state index contributed by atoms with van der Waals surface area (Å²) < 4.78 is 10.3. The van der Waals surface area contributed by atoms with E-state index in [2.05, 4.69) is 25.7 Å². The normalized spacial score (nSPS) is 10.7. The molecule has 2 aromatic carbocycles. The third kappa shape index (κ3) is 6.98. The molecule has 0 fully saturated rings. The molecule has 0 atom stereocenters. The van der Waals surface area contributed by atoms with Gasteiger partial charge >= 0.3 is 6.09 Å².